The molecule has 0 saturated carbocycles. The number of fused-ring (bicyclic) bond motifs is 3. The highest BCUT2D eigenvalue weighted by Crippen LogP contribution is 2.42. The molecule has 2 heteroatoms. The highest BCUT2D eigenvalue weighted by Gasteiger charge is 2.18. The smallest absolute Gasteiger partial charge is 0.0645 e. The highest BCUT2D eigenvalue weighted by molar-refractivity contribution is 6.10. The average Bonchev–Trinajstić information content (AvgIpc) is 3.66. The van der Waals surface area contributed by atoms with E-state index in [4.69, 9.17) is 6.85 Å². The quantitative estimate of drug-likeness (QED) is 0.152. The van der Waals surface area contributed by atoms with E-state index in [1.807, 2.05) is 54.6 Å². The molecule has 2 nitrogen and oxygen atoms in total. The van der Waals surface area contributed by atoms with Crippen LogP contribution in [0.5, 0.6) is 0 Å². The highest BCUT2D eigenvalue weighted by atomic mass is 15.1. The van der Waals surface area contributed by atoms with Crippen LogP contribution in [-0.4, -0.2) is 4.57 Å². The van der Waals surface area contributed by atoms with Crippen LogP contribution < -0.4 is 4.90 Å². The molecule has 0 atom stereocenters. The van der Waals surface area contributed by atoms with Gasteiger partial charge in [0.1, 0.15) is 0 Å². The lowest BCUT2D eigenvalue weighted by molar-refractivity contribution is 1.18. The van der Waals surface area contributed by atoms with Crippen LogP contribution >= 0.6 is 0 Å². The van der Waals surface area contributed by atoms with Crippen LogP contribution in [0.3, 0.4) is 0 Å². The molecule has 0 saturated heterocycles. The van der Waals surface area contributed by atoms with Crippen LogP contribution in [0.1, 0.15) is 6.85 Å². The molecule has 10 rings (SSSR count). The summed E-state index contributed by atoms with van der Waals surface area (Å²) in [6, 6.07) is 67.2. The van der Waals surface area contributed by atoms with Crippen molar-refractivity contribution >= 4 is 38.9 Å². The summed E-state index contributed by atoms with van der Waals surface area (Å²) < 4.78 is 45.4. The monoisotopic (exact) mass is 719 g/mol. The molecule has 0 radical (unpaired) electrons. The van der Waals surface area contributed by atoms with E-state index in [2.05, 4.69) is 150 Å². The van der Waals surface area contributed by atoms with Crippen molar-refractivity contribution in [3.05, 3.63) is 230 Å². The van der Waals surface area contributed by atoms with Crippen molar-refractivity contribution in [3.8, 4) is 50.2 Å². The van der Waals surface area contributed by atoms with E-state index < -0.39 is 6.04 Å². The lowest BCUT2D eigenvalue weighted by atomic mass is 9.97. The lowest BCUT2D eigenvalue weighted by Crippen LogP contribution is -2.10. The van der Waals surface area contributed by atoms with Crippen LogP contribution in [0.2, 0.25) is 0 Å². The largest absolute Gasteiger partial charge is 0.310 e. The van der Waals surface area contributed by atoms with Crippen molar-refractivity contribution in [2.75, 3.05) is 4.90 Å². The summed E-state index contributed by atoms with van der Waals surface area (Å²) in [5.41, 5.74) is 13.3. The number of benzene rings is 9. The molecule has 264 valence electrons. The second-order valence-electron chi connectivity index (χ2n) is 13.8. The first kappa shape index (κ1) is 28.1. The number of rotatable bonds is 8. The second kappa shape index (κ2) is 14.4. The molecule has 0 bridgehead atoms. The van der Waals surface area contributed by atoms with E-state index in [1.54, 1.807) is 4.90 Å². The Morgan fingerprint density at radius 2 is 0.893 bits per heavy atom. The van der Waals surface area contributed by atoms with E-state index in [9.17, 15) is 0 Å². The topological polar surface area (TPSA) is 8.17 Å². The zero-order valence-electron chi connectivity index (χ0n) is 35.4. The Bertz CT molecular complexity index is 3150. The molecule has 1 heterocycles. The molecular weight excluding hydrogens is 677 g/mol. The molecule has 0 spiro atoms. The molecule has 0 N–H and O–H groups in total. The molecule has 0 aliphatic heterocycles. The molecule has 0 aliphatic carbocycles. The first-order chi connectivity index (χ1) is 29.9. The van der Waals surface area contributed by atoms with Gasteiger partial charge in [0.25, 0.3) is 0 Å². The van der Waals surface area contributed by atoms with Gasteiger partial charge in [0.2, 0.25) is 0 Å². The molecule has 10 aromatic rings. The van der Waals surface area contributed by atoms with Gasteiger partial charge in [-0.05, 0) is 99.6 Å². The maximum Gasteiger partial charge on any atom is 0.0645 e. The van der Waals surface area contributed by atoms with E-state index in [0.717, 1.165) is 61.2 Å². The zero-order valence-corrected chi connectivity index (χ0v) is 30.4. The predicted octanol–water partition coefficient (Wildman–Crippen LogP) is 14.9. The van der Waals surface area contributed by atoms with Gasteiger partial charge in [0.15, 0.2) is 0 Å². The number of hydrogen-bond acceptors (Lipinski definition) is 1. The van der Waals surface area contributed by atoms with Gasteiger partial charge in [-0.3, -0.25) is 0 Å². The standard InChI is InChI=1S/C54H38N2/c1-5-17-39(18-6-1)44-35-45(40-19-7-2-8-20-40)37-48(36-44)56-53-28-16-14-26-50(53)51-34-33-43(38-54(51)56)41-29-31-42(32-30-41)49-25-13-15-27-52(49)55(46-21-9-3-10-22-46)47-23-11-4-12-24-47/h1-38H/i3D,9D,10D,21D,22D. The van der Waals surface area contributed by atoms with Gasteiger partial charge in [0.05, 0.1) is 23.6 Å². The van der Waals surface area contributed by atoms with Crippen molar-refractivity contribution in [2.45, 2.75) is 0 Å². The number of anilines is 3. The molecule has 56 heavy (non-hydrogen) atoms. The lowest BCUT2D eigenvalue weighted by Gasteiger charge is -2.27. The van der Waals surface area contributed by atoms with E-state index in [0.29, 0.717) is 11.4 Å². The molecule has 0 aliphatic rings. The Morgan fingerprint density at radius 3 is 1.59 bits per heavy atom. The summed E-state index contributed by atoms with van der Waals surface area (Å²) in [5.74, 6) is 0. The van der Waals surface area contributed by atoms with E-state index in [1.165, 1.54) is 10.8 Å². The molecule has 9 aromatic carbocycles. The van der Waals surface area contributed by atoms with Crippen molar-refractivity contribution in [1.29, 1.82) is 0 Å². The van der Waals surface area contributed by atoms with E-state index >= 15 is 0 Å². The summed E-state index contributed by atoms with van der Waals surface area (Å²) in [4.78, 5) is 1.77. The van der Waals surface area contributed by atoms with Gasteiger partial charge in [0, 0.05) is 33.4 Å². The molecule has 0 unspecified atom stereocenters. The molecule has 1 aromatic heterocycles. The van der Waals surface area contributed by atoms with Crippen LogP contribution in [0, 0.1) is 0 Å². The van der Waals surface area contributed by atoms with Crippen LogP contribution in [0.15, 0.2) is 230 Å². The fourth-order valence-corrected chi connectivity index (χ4v) is 7.84. The van der Waals surface area contributed by atoms with Gasteiger partial charge in [-0.15, -0.1) is 0 Å². The van der Waals surface area contributed by atoms with Crippen LogP contribution in [0.4, 0.5) is 17.1 Å². The van der Waals surface area contributed by atoms with Gasteiger partial charge in [-0.25, -0.2) is 0 Å². The van der Waals surface area contributed by atoms with Gasteiger partial charge >= 0.3 is 0 Å². The third-order valence-electron chi connectivity index (χ3n) is 10.5. The van der Waals surface area contributed by atoms with Crippen LogP contribution in [0.25, 0.3) is 72.0 Å². The maximum absolute atomic E-state index is 8.91. The molecular formula is C54H38N2. The summed E-state index contributed by atoms with van der Waals surface area (Å²) in [6.45, 7) is 0. The zero-order chi connectivity index (χ0) is 41.6. The fraction of sp³-hybridized carbons (Fsp3) is 0. The summed E-state index contributed by atoms with van der Waals surface area (Å²) >= 11 is 0. The van der Waals surface area contributed by atoms with Gasteiger partial charge in [-0.2, -0.15) is 0 Å². The summed E-state index contributed by atoms with van der Waals surface area (Å²) in [5, 5.41) is 2.36. The Labute approximate surface area is 334 Å². The average molecular weight is 720 g/mol. The van der Waals surface area contributed by atoms with Gasteiger partial charge < -0.3 is 9.47 Å². The predicted molar refractivity (Wildman–Crippen MR) is 237 cm³/mol. The Hall–Kier alpha value is -7.42. The Kier molecular flexibility index (Phi) is 7.24. The van der Waals surface area contributed by atoms with Crippen molar-refractivity contribution in [3.63, 3.8) is 0 Å². The van der Waals surface area contributed by atoms with Crippen LogP contribution in [-0.2, 0) is 0 Å². The Balaban J connectivity index is 1.10. The third kappa shape index (κ3) is 6.14. The van der Waals surface area contributed by atoms with Gasteiger partial charge in [-0.1, -0.05) is 170 Å². The normalized spacial score (nSPS) is 12.5. The number of aromatic nitrogens is 1. The maximum atomic E-state index is 8.91. The summed E-state index contributed by atoms with van der Waals surface area (Å²) in [7, 11) is 0. The molecule has 0 amide bonds. The molecule has 0 fully saturated rings. The number of para-hydroxylation sites is 4. The second-order valence-corrected chi connectivity index (χ2v) is 13.8. The number of nitrogens with zero attached hydrogens (tertiary/aromatic N) is 2. The first-order valence-corrected chi connectivity index (χ1v) is 18.8. The minimum Gasteiger partial charge on any atom is -0.310 e. The number of hydrogen-bond donors (Lipinski definition) is 0. The SMILES string of the molecule is [2H]c1c([2H])c([2H])c(N(c2ccccc2)c2ccccc2-c2ccc(-c3ccc4c5ccccc5n(-c5cc(-c6ccccc6)cc(-c6ccccc6)c5)c4c3)cc2)c([2H])c1[2H]. The third-order valence-corrected chi connectivity index (χ3v) is 10.5. The van der Waals surface area contributed by atoms with E-state index in [-0.39, 0.29) is 29.9 Å². The fourth-order valence-electron chi connectivity index (χ4n) is 7.84. The minimum atomic E-state index is -0.424. The summed E-state index contributed by atoms with van der Waals surface area (Å²) in [6.07, 6.45) is 0. The van der Waals surface area contributed by atoms with Crippen molar-refractivity contribution < 1.29 is 6.85 Å². The minimum absolute atomic E-state index is 0.0927. The van der Waals surface area contributed by atoms with Crippen molar-refractivity contribution in [2.24, 2.45) is 0 Å². The van der Waals surface area contributed by atoms with Crippen molar-refractivity contribution in [1.82, 2.24) is 4.57 Å². The first-order valence-electron chi connectivity index (χ1n) is 21.3. The Morgan fingerprint density at radius 1 is 0.357 bits per heavy atom.